The van der Waals surface area contributed by atoms with Gasteiger partial charge in [-0.3, -0.25) is 4.90 Å². The molecule has 0 radical (unpaired) electrons. The molecule has 1 fully saturated rings. The first-order chi connectivity index (χ1) is 10.1. The Labute approximate surface area is 127 Å². The standard InChI is InChI=1S/C17H27FN2O/c1-3-16(19)17(14-5-4-6-15(18)11-14)20(2)12-13-7-9-21-10-8-13/h4-6,11,13,16-17H,3,7-10,12,19H2,1-2H3. The van der Waals surface area contributed by atoms with Crippen LogP contribution in [0.15, 0.2) is 24.3 Å². The van der Waals surface area contributed by atoms with Crippen molar-refractivity contribution in [2.24, 2.45) is 11.7 Å². The van der Waals surface area contributed by atoms with Crippen LogP contribution < -0.4 is 5.73 Å². The van der Waals surface area contributed by atoms with Crippen LogP contribution in [0.25, 0.3) is 0 Å². The maximum Gasteiger partial charge on any atom is 0.123 e. The number of nitrogens with two attached hydrogens (primary N) is 1. The van der Waals surface area contributed by atoms with Gasteiger partial charge >= 0.3 is 0 Å². The zero-order valence-electron chi connectivity index (χ0n) is 13.1. The van der Waals surface area contributed by atoms with Crippen LogP contribution in [-0.2, 0) is 4.74 Å². The largest absolute Gasteiger partial charge is 0.381 e. The predicted molar refractivity (Wildman–Crippen MR) is 83.6 cm³/mol. The molecule has 4 heteroatoms. The summed E-state index contributed by atoms with van der Waals surface area (Å²) in [7, 11) is 2.10. The molecule has 0 spiro atoms. The van der Waals surface area contributed by atoms with Crippen LogP contribution in [-0.4, -0.2) is 37.7 Å². The first kappa shape index (κ1) is 16.4. The van der Waals surface area contributed by atoms with Gasteiger partial charge in [-0.1, -0.05) is 19.1 Å². The van der Waals surface area contributed by atoms with Crippen molar-refractivity contribution in [2.75, 3.05) is 26.8 Å². The molecule has 2 rings (SSSR count). The topological polar surface area (TPSA) is 38.5 Å². The minimum Gasteiger partial charge on any atom is -0.381 e. The van der Waals surface area contributed by atoms with Crippen molar-refractivity contribution in [3.8, 4) is 0 Å². The molecule has 1 saturated heterocycles. The molecule has 1 aromatic rings. The van der Waals surface area contributed by atoms with Crippen molar-refractivity contribution in [3.63, 3.8) is 0 Å². The highest BCUT2D eigenvalue weighted by molar-refractivity contribution is 5.22. The van der Waals surface area contributed by atoms with E-state index in [-0.39, 0.29) is 17.9 Å². The van der Waals surface area contributed by atoms with Gasteiger partial charge in [-0.2, -0.15) is 0 Å². The van der Waals surface area contributed by atoms with Gasteiger partial charge in [0.05, 0.1) is 0 Å². The molecule has 0 saturated carbocycles. The Bertz CT molecular complexity index is 435. The van der Waals surface area contributed by atoms with Crippen LogP contribution in [0.5, 0.6) is 0 Å². The lowest BCUT2D eigenvalue weighted by Crippen LogP contribution is -2.41. The van der Waals surface area contributed by atoms with Crippen LogP contribution in [0, 0.1) is 11.7 Å². The van der Waals surface area contributed by atoms with Crippen LogP contribution in [0.2, 0.25) is 0 Å². The third-order valence-electron chi connectivity index (χ3n) is 4.43. The second kappa shape index (κ2) is 7.87. The van der Waals surface area contributed by atoms with E-state index in [0.29, 0.717) is 5.92 Å². The maximum absolute atomic E-state index is 13.5. The fourth-order valence-corrected chi connectivity index (χ4v) is 3.19. The van der Waals surface area contributed by atoms with E-state index in [4.69, 9.17) is 10.5 Å². The summed E-state index contributed by atoms with van der Waals surface area (Å²) in [6, 6.07) is 6.91. The highest BCUT2D eigenvalue weighted by Crippen LogP contribution is 2.27. The number of nitrogens with zero attached hydrogens (tertiary/aromatic N) is 1. The van der Waals surface area contributed by atoms with Gasteiger partial charge in [0, 0.05) is 31.8 Å². The highest BCUT2D eigenvalue weighted by atomic mass is 19.1. The van der Waals surface area contributed by atoms with Crippen LogP contribution in [0.4, 0.5) is 4.39 Å². The van der Waals surface area contributed by atoms with Gasteiger partial charge in [-0.15, -0.1) is 0 Å². The molecule has 1 aliphatic rings. The number of hydrogen-bond donors (Lipinski definition) is 1. The first-order valence-corrected chi connectivity index (χ1v) is 7.90. The van der Waals surface area contributed by atoms with Crippen molar-refractivity contribution < 1.29 is 9.13 Å². The zero-order chi connectivity index (χ0) is 15.2. The van der Waals surface area contributed by atoms with Gasteiger partial charge in [-0.05, 0) is 49.9 Å². The average Bonchev–Trinajstić information content (AvgIpc) is 2.48. The summed E-state index contributed by atoms with van der Waals surface area (Å²) in [5.41, 5.74) is 7.29. The minimum atomic E-state index is -0.194. The van der Waals surface area contributed by atoms with E-state index in [0.717, 1.165) is 44.6 Å². The summed E-state index contributed by atoms with van der Waals surface area (Å²) in [6.45, 7) is 4.77. The number of benzene rings is 1. The molecule has 1 aliphatic heterocycles. The molecule has 0 aliphatic carbocycles. The molecule has 2 N–H and O–H groups in total. The van der Waals surface area contributed by atoms with E-state index in [2.05, 4.69) is 18.9 Å². The third kappa shape index (κ3) is 4.50. The van der Waals surface area contributed by atoms with E-state index in [1.54, 1.807) is 12.1 Å². The van der Waals surface area contributed by atoms with E-state index in [9.17, 15) is 4.39 Å². The minimum absolute atomic E-state index is 0.0108. The molecule has 0 amide bonds. The highest BCUT2D eigenvalue weighted by Gasteiger charge is 2.26. The predicted octanol–water partition coefficient (Wildman–Crippen LogP) is 2.96. The second-order valence-corrected chi connectivity index (χ2v) is 6.07. The zero-order valence-corrected chi connectivity index (χ0v) is 13.1. The number of hydrogen-bond acceptors (Lipinski definition) is 3. The van der Waals surface area contributed by atoms with E-state index in [1.165, 1.54) is 6.07 Å². The summed E-state index contributed by atoms with van der Waals surface area (Å²) < 4.78 is 19.0. The Morgan fingerprint density at radius 3 is 2.71 bits per heavy atom. The van der Waals surface area contributed by atoms with Gasteiger partial charge in [0.15, 0.2) is 0 Å². The molecule has 0 aromatic heterocycles. The summed E-state index contributed by atoms with van der Waals surface area (Å²) in [6.07, 6.45) is 3.07. The fourth-order valence-electron chi connectivity index (χ4n) is 3.19. The summed E-state index contributed by atoms with van der Waals surface area (Å²) in [5, 5.41) is 0. The van der Waals surface area contributed by atoms with Gasteiger partial charge in [0.25, 0.3) is 0 Å². The summed E-state index contributed by atoms with van der Waals surface area (Å²) >= 11 is 0. The fraction of sp³-hybridized carbons (Fsp3) is 0.647. The lowest BCUT2D eigenvalue weighted by atomic mass is 9.93. The summed E-state index contributed by atoms with van der Waals surface area (Å²) in [5.74, 6) is 0.448. The Morgan fingerprint density at radius 1 is 1.38 bits per heavy atom. The molecule has 2 atom stereocenters. The lowest BCUT2D eigenvalue weighted by Gasteiger charge is -2.36. The van der Waals surface area contributed by atoms with E-state index < -0.39 is 0 Å². The van der Waals surface area contributed by atoms with Crippen LogP contribution in [0.1, 0.15) is 37.8 Å². The van der Waals surface area contributed by atoms with Crippen molar-refractivity contribution in [1.82, 2.24) is 4.90 Å². The molecular weight excluding hydrogens is 267 g/mol. The number of likely N-dealkylation sites (N-methyl/N-ethyl adjacent to an activating group) is 1. The summed E-state index contributed by atoms with van der Waals surface area (Å²) in [4.78, 5) is 2.29. The first-order valence-electron chi connectivity index (χ1n) is 7.90. The Kier molecular flexibility index (Phi) is 6.15. The number of ether oxygens (including phenoxy) is 1. The molecular formula is C17H27FN2O. The molecule has 0 bridgehead atoms. The maximum atomic E-state index is 13.5. The van der Waals surface area contributed by atoms with E-state index >= 15 is 0 Å². The van der Waals surface area contributed by atoms with Crippen LogP contribution in [0.3, 0.4) is 0 Å². The molecule has 1 aromatic carbocycles. The number of rotatable bonds is 6. The van der Waals surface area contributed by atoms with Crippen molar-refractivity contribution in [2.45, 2.75) is 38.3 Å². The van der Waals surface area contributed by atoms with Gasteiger partial charge in [0.1, 0.15) is 5.82 Å². The Morgan fingerprint density at radius 2 is 2.10 bits per heavy atom. The lowest BCUT2D eigenvalue weighted by molar-refractivity contribution is 0.0480. The average molecular weight is 294 g/mol. The van der Waals surface area contributed by atoms with Gasteiger partial charge in [0.2, 0.25) is 0 Å². The third-order valence-corrected chi connectivity index (χ3v) is 4.43. The monoisotopic (exact) mass is 294 g/mol. The number of halogens is 1. The van der Waals surface area contributed by atoms with Crippen molar-refractivity contribution in [1.29, 1.82) is 0 Å². The smallest absolute Gasteiger partial charge is 0.123 e. The van der Waals surface area contributed by atoms with Gasteiger partial charge in [-0.25, -0.2) is 4.39 Å². The molecule has 2 unspecified atom stereocenters. The normalized spacial score (nSPS) is 19.7. The van der Waals surface area contributed by atoms with Gasteiger partial charge < -0.3 is 10.5 Å². The molecule has 3 nitrogen and oxygen atoms in total. The second-order valence-electron chi connectivity index (χ2n) is 6.07. The quantitative estimate of drug-likeness (QED) is 0.876. The van der Waals surface area contributed by atoms with Crippen molar-refractivity contribution >= 4 is 0 Å². The SMILES string of the molecule is CCC(N)C(c1cccc(F)c1)N(C)CC1CCOCC1. The molecule has 21 heavy (non-hydrogen) atoms. The van der Waals surface area contributed by atoms with E-state index in [1.807, 2.05) is 6.07 Å². The Hall–Kier alpha value is -0.970. The molecule has 1 heterocycles. The molecule has 118 valence electrons. The Balaban J connectivity index is 2.11. The van der Waals surface area contributed by atoms with Crippen molar-refractivity contribution in [3.05, 3.63) is 35.6 Å². The van der Waals surface area contributed by atoms with Crippen LogP contribution >= 0.6 is 0 Å².